The van der Waals surface area contributed by atoms with Crippen LogP contribution in [0.4, 0.5) is 0 Å². The number of nitrogens with one attached hydrogen (secondary N) is 1. The van der Waals surface area contributed by atoms with Crippen molar-refractivity contribution in [1.82, 2.24) is 10.2 Å². The van der Waals surface area contributed by atoms with Gasteiger partial charge in [0, 0.05) is 12.6 Å². The molecule has 0 aromatic heterocycles. The molecule has 1 amide bonds. The highest BCUT2D eigenvalue weighted by Crippen LogP contribution is 2.18. The molecule has 0 saturated carbocycles. The third-order valence-electron chi connectivity index (χ3n) is 3.31. The van der Waals surface area contributed by atoms with Gasteiger partial charge in [0.25, 0.3) is 0 Å². The van der Waals surface area contributed by atoms with E-state index in [1.165, 1.54) is 12.8 Å². The molecule has 0 aromatic rings. The molecule has 2 fully saturated rings. The second-order valence-electron chi connectivity index (χ2n) is 4.35. The molecule has 2 aliphatic rings. The van der Waals surface area contributed by atoms with E-state index < -0.39 is 0 Å². The average molecular weight is 197 g/mol. The highest BCUT2D eigenvalue weighted by molar-refractivity contribution is 5.80. The van der Waals surface area contributed by atoms with Crippen molar-refractivity contribution >= 4 is 5.91 Å². The normalized spacial score (nSPS) is 33.7. The van der Waals surface area contributed by atoms with Crippen molar-refractivity contribution in [3.05, 3.63) is 0 Å². The number of carbonyl (C=O) groups is 1. The second-order valence-corrected chi connectivity index (χ2v) is 4.35. The summed E-state index contributed by atoms with van der Waals surface area (Å²) in [6.45, 7) is 3.15. The van der Waals surface area contributed by atoms with E-state index in [9.17, 15) is 4.79 Å². The van der Waals surface area contributed by atoms with Crippen LogP contribution in [0.5, 0.6) is 0 Å². The Bertz CT molecular complexity index is 213. The van der Waals surface area contributed by atoms with Gasteiger partial charge < -0.3 is 11.1 Å². The molecular formula is C10H19N3O. The minimum absolute atomic E-state index is 0.00241. The fourth-order valence-corrected chi connectivity index (χ4v) is 2.56. The summed E-state index contributed by atoms with van der Waals surface area (Å²) in [7, 11) is 0. The lowest BCUT2D eigenvalue weighted by atomic mass is 10.2. The molecule has 0 spiro atoms. The number of rotatable bonds is 3. The lowest BCUT2D eigenvalue weighted by molar-refractivity contribution is -0.122. The second kappa shape index (κ2) is 4.28. The predicted molar refractivity (Wildman–Crippen MR) is 54.8 cm³/mol. The Kier molecular flexibility index (Phi) is 3.03. The summed E-state index contributed by atoms with van der Waals surface area (Å²) in [5.41, 5.74) is 5.36. The fourth-order valence-electron chi connectivity index (χ4n) is 2.56. The predicted octanol–water partition coefficient (Wildman–Crippen LogP) is -0.312. The van der Waals surface area contributed by atoms with Gasteiger partial charge in [-0.3, -0.25) is 9.69 Å². The Morgan fingerprint density at radius 2 is 2.29 bits per heavy atom. The molecule has 4 heteroatoms. The summed E-state index contributed by atoms with van der Waals surface area (Å²) >= 11 is 0. The lowest BCUT2D eigenvalue weighted by Crippen LogP contribution is -2.45. The molecular weight excluding hydrogens is 178 g/mol. The number of nitrogens with two attached hydrogens (primary N) is 1. The molecule has 0 aliphatic carbocycles. The Hall–Kier alpha value is -0.610. The van der Waals surface area contributed by atoms with Crippen LogP contribution in [0.15, 0.2) is 0 Å². The smallest absolute Gasteiger partial charge is 0.234 e. The highest BCUT2D eigenvalue weighted by Gasteiger charge is 2.30. The number of nitrogens with zero attached hydrogens (tertiary/aromatic N) is 1. The Balaban J connectivity index is 1.86. The first-order chi connectivity index (χ1) is 6.77. The standard InChI is InChI=1S/C10H19N3O/c11-10(14)9-4-2-6-13(9)7-8-3-1-5-12-8/h8-9,12H,1-7H2,(H2,11,14)/t8-,9?/m1/s1. The van der Waals surface area contributed by atoms with Crippen LogP contribution in [0.3, 0.4) is 0 Å². The summed E-state index contributed by atoms with van der Waals surface area (Å²) < 4.78 is 0. The number of carbonyl (C=O) groups excluding carboxylic acids is 1. The Morgan fingerprint density at radius 3 is 2.93 bits per heavy atom. The molecule has 0 bridgehead atoms. The summed E-state index contributed by atoms with van der Waals surface area (Å²) in [5, 5.41) is 3.45. The fraction of sp³-hybridized carbons (Fsp3) is 0.900. The van der Waals surface area contributed by atoms with E-state index in [1.807, 2.05) is 0 Å². The monoisotopic (exact) mass is 197 g/mol. The molecule has 0 aromatic carbocycles. The van der Waals surface area contributed by atoms with Gasteiger partial charge in [-0.25, -0.2) is 0 Å². The molecule has 2 aliphatic heterocycles. The number of primary amides is 1. The molecule has 1 unspecified atom stereocenters. The quantitative estimate of drug-likeness (QED) is 0.652. The van der Waals surface area contributed by atoms with E-state index in [1.54, 1.807) is 0 Å². The van der Waals surface area contributed by atoms with Crippen molar-refractivity contribution < 1.29 is 4.79 Å². The van der Waals surface area contributed by atoms with Gasteiger partial charge in [0.15, 0.2) is 0 Å². The van der Waals surface area contributed by atoms with Gasteiger partial charge in [0.1, 0.15) is 0 Å². The van der Waals surface area contributed by atoms with Crippen LogP contribution >= 0.6 is 0 Å². The molecule has 2 heterocycles. The molecule has 2 atom stereocenters. The topological polar surface area (TPSA) is 58.4 Å². The van der Waals surface area contributed by atoms with Gasteiger partial charge in [0.2, 0.25) is 5.91 Å². The molecule has 3 N–H and O–H groups in total. The van der Waals surface area contributed by atoms with Crippen molar-refractivity contribution in [3.63, 3.8) is 0 Å². The van der Waals surface area contributed by atoms with Crippen LogP contribution in [0.2, 0.25) is 0 Å². The van der Waals surface area contributed by atoms with Crippen LogP contribution < -0.4 is 11.1 Å². The van der Waals surface area contributed by atoms with Crippen molar-refractivity contribution in [2.45, 2.75) is 37.8 Å². The lowest BCUT2D eigenvalue weighted by Gasteiger charge is -2.25. The van der Waals surface area contributed by atoms with Crippen molar-refractivity contribution in [2.24, 2.45) is 5.73 Å². The first kappa shape index (κ1) is 9.93. The van der Waals surface area contributed by atoms with E-state index in [2.05, 4.69) is 10.2 Å². The molecule has 0 radical (unpaired) electrons. The zero-order chi connectivity index (χ0) is 9.97. The summed E-state index contributed by atoms with van der Waals surface area (Å²) in [4.78, 5) is 13.4. The largest absolute Gasteiger partial charge is 0.368 e. The maximum Gasteiger partial charge on any atom is 0.234 e. The number of hydrogen-bond acceptors (Lipinski definition) is 3. The van der Waals surface area contributed by atoms with Crippen LogP contribution in [0.25, 0.3) is 0 Å². The molecule has 2 saturated heterocycles. The van der Waals surface area contributed by atoms with Crippen LogP contribution in [0.1, 0.15) is 25.7 Å². The minimum Gasteiger partial charge on any atom is -0.368 e. The van der Waals surface area contributed by atoms with Crippen molar-refractivity contribution in [3.8, 4) is 0 Å². The van der Waals surface area contributed by atoms with E-state index in [0.29, 0.717) is 6.04 Å². The van der Waals surface area contributed by atoms with Gasteiger partial charge >= 0.3 is 0 Å². The van der Waals surface area contributed by atoms with Crippen molar-refractivity contribution in [2.75, 3.05) is 19.6 Å². The van der Waals surface area contributed by atoms with Gasteiger partial charge in [0.05, 0.1) is 6.04 Å². The van der Waals surface area contributed by atoms with E-state index in [4.69, 9.17) is 5.73 Å². The van der Waals surface area contributed by atoms with Gasteiger partial charge in [-0.05, 0) is 38.8 Å². The van der Waals surface area contributed by atoms with Crippen molar-refractivity contribution in [1.29, 1.82) is 0 Å². The maximum atomic E-state index is 11.1. The maximum absolute atomic E-state index is 11.1. The zero-order valence-electron chi connectivity index (χ0n) is 8.54. The number of hydrogen-bond donors (Lipinski definition) is 2. The first-order valence-corrected chi connectivity index (χ1v) is 5.54. The van der Waals surface area contributed by atoms with E-state index in [0.717, 1.165) is 32.5 Å². The molecule has 2 rings (SSSR count). The third kappa shape index (κ3) is 2.07. The van der Waals surface area contributed by atoms with Gasteiger partial charge in [-0.2, -0.15) is 0 Å². The summed E-state index contributed by atoms with van der Waals surface area (Å²) in [6, 6.07) is 0.576. The molecule has 80 valence electrons. The molecule has 4 nitrogen and oxygen atoms in total. The van der Waals surface area contributed by atoms with Crippen LogP contribution in [0, 0.1) is 0 Å². The summed E-state index contributed by atoms with van der Waals surface area (Å²) in [5.74, 6) is -0.152. The Labute approximate surface area is 84.8 Å². The summed E-state index contributed by atoms with van der Waals surface area (Å²) in [6.07, 6.45) is 4.56. The first-order valence-electron chi connectivity index (χ1n) is 5.54. The third-order valence-corrected chi connectivity index (χ3v) is 3.31. The van der Waals surface area contributed by atoms with Crippen LogP contribution in [-0.4, -0.2) is 42.5 Å². The number of likely N-dealkylation sites (tertiary alicyclic amines) is 1. The van der Waals surface area contributed by atoms with Gasteiger partial charge in [-0.1, -0.05) is 0 Å². The highest BCUT2D eigenvalue weighted by atomic mass is 16.1. The van der Waals surface area contributed by atoms with Gasteiger partial charge in [-0.15, -0.1) is 0 Å². The van der Waals surface area contributed by atoms with E-state index in [-0.39, 0.29) is 11.9 Å². The SMILES string of the molecule is NC(=O)C1CCCN1C[C@H]1CCCN1. The van der Waals surface area contributed by atoms with Crippen LogP contribution in [-0.2, 0) is 4.79 Å². The minimum atomic E-state index is -0.152. The van der Waals surface area contributed by atoms with E-state index >= 15 is 0 Å². The Morgan fingerprint density at radius 1 is 1.43 bits per heavy atom. The zero-order valence-corrected chi connectivity index (χ0v) is 8.54. The molecule has 14 heavy (non-hydrogen) atoms. The number of amides is 1. The average Bonchev–Trinajstić information content (AvgIpc) is 2.75.